The Balaban J connectivity index is 1.99. The number of carbonyl (C=O) groups excluding carboxylic acids is 1. The average Bonchev–Trinajstić information content (AvgIpc) is 2.47. The fourth-order valence-electron chi connectivity index (χ4n) is 2.67. The van der Waals surface area contributed by atoms with Crippen LogP contribution in [0, 0.1) is 0 Å². The van der Waals surface area contributed by atoms with Crippen molar-refractivity contribution < 1.29 is 4.79 Å². The van der Waals surface area contributed by atoms with Crippen molar-refractivity contribution in [3.8, 4) is 0 Å². The number of likely N-dealkylation sites (N-methyl/N-ethyl adjacent to an activating group) is 1. The molecule has 2 heterocycles. The van der Waals surface area contributed by atoms with Gasteiger partial charge in [-0.05, 0) is 31.3 Å². The van der Waals surface area contributed by atoms with Gasteiger partial charge in [-0.2, -0.15) is 0 Å². The van der Waals surface area contributed by atoms with Gasteiger partial charge in [-0.3, -0.25) is 4.98 Å². The number of carbonyl (C=O) groups is 1. The van der Waals surface area contributed by atoms with Gasteiger partial charge in [-0.1, -0.05) is 0 Å². The molecule has 3 N–H and O–H groups in total. The van der Waals surface area contributed by atoms with Gasteiger partial charge in [0.2, 0.25) is 0 Å². The van der Waals surface area contributed by atoms with Crippen LogP contribution in [-0.4, -0.2) is 49.1 Å². The predicted octanol–water partition coefficient (Wildman–Crippen LogP) is 1.48. The molecule has 0 atom stereocenters. The van der Waals surface area contributed by atoms with E-state index in [1.165, 1.54) is 0 Å². The van der Waals surface area contributed by atoms with Crippen LogP contribution in [0.1, 0.15) is 0 Å². The van der Waals surface area contributed by atoms with Crippen LogP contribution in [0.4, 0.5) is 16.2 Å². The van der Waals surface area contributed by atoms with Gasteiger partial charge in [0.05, 0.1) is 5.52 Å². The monoisotopic (exact) mass is 285 g/mol. The number of anilines is 2. The third-order valence-electron chi connectivity index (χ3n) is 3.83. The van der Waals surface area contributed by atoms with Crippen molar-refractivity contribution in [3.63, 3.8) is 0 Å². The standard InChI is InChI=1S/C15H19N5O/c1-19-6-8-20(9-7-19)14-4-5-17-13-3-2-11(10-12(13)14)18-15(16)21/h2-5,10H,6-9H2,1H3,(H3,16,18,21). The van der Waals surface area contributed by atoms with Crippen LogP contribution < -0.4 is 16.0 Å². The number of rotatable bonds is 2. The number of hydrogen-bond donors (Lipinski definition) is 2. The molecule has 110 valence electrons. The molecule has 2 aromatic rings. The lowest BCUT2D eigenvalue weighted by Gasteiger charge is -2.34. The molecule has 1 aromatic carbocycles. The first kappa shape index (κ1) is 13.6. The molecule has 6 heteroatoms. The summed E-state index contributed by atoms with van der Waals surface area (Å²) in [6.45, 7) is 4.07. The quantitative estimate of drug-likeness (QED) is 0.876. The molecule has 21 heavy (non-hydrogen) atoms. The number of aromatic nitrogens is 1. The maximum absolute atomic E-state index is 11.0. The van der Waals surface area contributed by atoms with Crippen LogP contribution in [-0.2, 0) is 0 Å². The van der Waals surface area contributed by atoms with Crippen LogP contribution in [0.3, 0.4) is 0 Å². The zero-order chi connectivity index (χ0) is 14.8. The second-order valence-corrected chi connectivity index (χ2v) is 5.34. The van der Waals surface area contributed by atoms with Crippen LogP contribution in [0.25, 0.3) is 10.9 Å². The summed E-state index contributed by atoms with van der Waals surface area (Å²) in [5, 5.41) is 3.65. The van der Waals surface area contributed by atoms with E-state index in [0.29, 0.717) is 5.69 Å². The van der Waals surface area contributed by atoms with E-state index in [1.54, 1.807) is 0 Å². The number of nitrogens with zero attached hydrogens (tertiary/aromatic N) is 3. The number of benzene rings is 1. The van der Waals surface area contributed by atoms with Crippen molar-refractivity contribution in [3.05, 3.63) is 30.5 Å². The van der Waals surface area contributed by atoms with E-state index >= 15 is 0 Å². The van der Waals surface area contributed by atoms with E-state index in [-0.39, 0.29) is 0 Å². The Labute approximate surface area is 123 Å². The molecule has 0 bridgehead atoms. The van der Waals surface area contributed by atoms with E-state index in [9.17, 15) is 4.79 Å². The molecule has 1 fully saturated rings. The highest BCUT2D eigenvalue weighted by Crippen LogP contribution is 2.28. The van der Waals surface area contributed by atoms with E-state index in [1.807, 2.05) is 30.5 Å². The zero-order valence-electron chi connectivity index (χ0n) is 12.0. The van der Waals surface area contributed by atoms with Gasteiger partial charge in [0.25, 0.3) is 0 Å². The highest BCUT2D eigenvalue weighted by molar-refractivity contribution is 5.97. The Morgan fingerprint density at radius 2 is 2.00 bits per heavy atom. The average molecular weight is 285 g/mol. The third kappa shape index (κ3) is 2.90. The Kier molecular flexibility index (Phi) is 3.62. The number of nitrogens with two attached hydrogens (primary N) is 1. The van der Waals surface area contributed by atoms with Crippen LogP contribution in [0.15, 0.2) is 30.5 Å². The predicted molar refractivity (Wildman–Crippen MR) is 84.7 cm³/mol. The second kappa shape index (κ2) is 5.57. The Morgan fingerprint density at radius 3 is 2.71 bits per heavy atom. The summed E-state index contributed by atoms with van der Waals surface area (Å²) in [6, 6.07) is 7.12. The fraction of sp³-hybridized carbons (Fsp3) is 0.333. The number of urea groups is 1. The first-order valence-electron chi connectivity index (χ1n) is 7.02. The fourth-order valence-corrected chi connectivity index (χ4v) is 2.67. The van der Waals surface area contributed by atoms with Gasteiger partial charge >= 0.3 is 6.03 Å². The van der Waals surface area contributed by atoms with Crippen molar-refractivity contribution in [2.75, 3.05) is 43.4 Å². The highest BCUT2D eigenvalue weighted by atomic mass is 16.2. The Hall–Kier alpha value is -2.34. The molecule has 3 rings (SSSR count). The lowest BCUT2D eigenvalue weighted by Crippen LogP contribution is -2.44. The normalized spacial score (nSPS) is 16.1. The molecular weight excluding hydrogens is 266 g/mol. The van der Waals surface area contributed by atoms with E-state index in [2.05, 4.69) is 27.1 Å². The molecule has 6 nitrogen and oxygen atoms in total. The summed E-state index contributed by atoms with van der Waals surface area (Å²) in [5.41, 5.74) is 7.95. The molecular formula is C15H19N5O. The second-order valence-electron chi connectivity index (χ2n) is 5.34. The van der Waals surface area contributed by atoms with Crippen molar-refractivity contribution in [2.24, 2.45) is 5.73 Å². The Morgan fingerprint density at radius 1 is 1.24 bits per heavy atom. The summed E-state index contributed by atoms with van der Waals surface area (Å²) in [5.74, 6) is 0. The smallest absolute Gasteiger partial charge is 0.316 e. The maximum atomic E-state index is 11.0. The highest BCUT2D eigenvalue weighted by Gasteiger charge is 2.16. The largest absolute Gasteiger partial charge is 0.368 e. The minimum absolute atomic E-state index is 0.556. The van der Waals surface area contributed by atoms with E-state index in [0.717, 1.165) is 42.8 Å². The first-order valence-corrected chi connectivity index (χ1v) is 7.02. The summed E-state index contributed by atoms with van der Waals surface area (Å²) in [4.78, 5) is 20.1. The van der Waals surface area contributed by atoms with Crippen molar-refractivity contribution in [1.29, 1.82) is 0 Å². The number of primary amides is 1. The van der Waals surface area contributed by atoms with Crippen LogP contribution >= 0.6 is 0 Å². The third-order valence-corrected chi connectivity index (χ3v) is 3.83. The molecule has 0 saturated carbocycles. The SMILES string of the molecule is CN1CCN(c2ccnc3ccc(NC(N)=O)cc23)CC1. The van der Waals surface area contributed by atoms with Crippen molar-refractivity contribution >= 4 is 28.3 Å². The molecule has 1 aliphatic heterocycles. The first-order chi connectivity index (χ1) is 10.1. The topological polar surface area (TPSA) is 74.5 Å². The summed E-state index contributed by atoms with van der Waals surface area (Å²) < 4.78 is 0. The molecule has 0 radical (unpaired) electrons. The van der Waals surface area contributed by atoms with Gasteiger partial charge in [0, 0.05) is 49.1 Å². The minimum Gasteiger partial charge on any atom is -0.368 e. The van der Waals surface area contributed by atoms with Crippen molar-refractivity contribution in [2.45, 2.75) is 0 Å². The number of pyridine rings is 1. The number of hydrogen-bond acceptors (Lipinski definition) is 4. The molecule has 0 unspecified atom stereocenters. The zero-order valence-corrected chi connectivity index (χ0v) is 12.0. The lowest BCUT2D eigenvalue weighted by atomic mass is 10.1. The minimum atomic E-state index is -0.556. The Bertz CT molecular complexity index is 664. The molecule has 1 saturated heterocycles. The van der Waals surface area contributed by atoms with Gasteiger partial charge in [-0.15, -0.1) is 0 Å². The van der Waals surface area contributed by atoms with Gasteiger partial charge in [0.15, 0.2) is 0 Å². The number of piperazine rings is 1. The van der Waals surface area contributed by atoms with E-state index in [4.69, 9.17) is 5.73 Å². The molecule has 2 amide bonds. The molecule has 1 aromatic heterocycles. The number of amides is 2. The summed E-state index contributed by atoms with van der Waals surface area (Å²) in [6.07, 6.45) is 1.83. The molecule has 1 aliphatic rings. The van der Waals surface area contributed by atoms with Gasteiger partial charge in [-0.25, -0.2) is 4.79 Å². The van der Waals surface area contributed by atoms with Crippen LogP contribution in [0.5, 0.6) is 0 Å². The molecule has 0 aliphatic carbocycles. The molecule has 0 spiro atoms. The maximum Gasteiger partial charge on any atom is 0.316 e. The van der Waals surface area contributed by atoms with Gasteiger partial charge in [0.1, 0.15) is 0 Å². The lowest BCUT2D eigenvalue weighted by molar-refractivity contribution is 0.259. The van der Waals surface area contributed by atoms with Crippen LogP contribution in [0.2, 0.25) is 0 Å². The summed E-state index contributed by atoms with van der Waals surface area (Å²) >= 11 is 0. The van der Waals surface area contributed by atoms with Gasteiger partial charge < -0.3 is 20.9 Å². The van der Waals surface area contributed by atoms with E-state index < -0.39 is 6.03 Å². The summed E-state index contributed by atoms with van der Waals surface area (Å²) in [7, 11) is 2.14. The number of nitrogens with one attached hydrogen (secondary N) is 1. The van der Waals surface area contributed by atoms with Crippen molar-refractivity contribution in [1.82, 2.24) is 9.88 Å². The number of fused-ring (bicyclic) bond motifs is 1.